The van der Waals surface area contributed by atoms with Crippen LogP contribution in [0.1, 0.15) is 42.5 Å². The van der Waals surface area contributed by atoms with E-state index in [1.54, 1.807) is 0 Å². The predicted molar refractivity (Wildman–Crippen MR) is 180 cm³/mol. The molecule has 0 aliphatic carbocycles. The van der Waals surface area contributed by atoms with Crippen molar-refractivity contribution in [3.8, 4) is 22.3 Å². The van der Waals surface area contributed by atoms with Crippen LogP contribution in [0.15, 0.2) is 104 Å². The van der Waals surface area contributed by atoms with Gasteiger partial charge in [-0.3, -0.25) is 4.98 Å². The topological polar surface area (TPSA) is 24.9 Å². The first-order valence-electron chi connectivity index (χ1n) is 14.0. The predicted octanol–water partition coefficient (Wildman–Crippen LogP) is 10.3. The summed E-state index contributed by atoms with van der Waals surface area (Å²) in [7, 11) is 2.77. The molecule has 0 aliphatic heterocycles. The van der Waals surface area contributed by atoms with E-state index in [2.05, 4.69) is 146 Å². The van der Waals surface area contributed by atoms with Crippen molar-refractivity contribution in [3.05, 3.63) is 126 Å². The Hall–Kier alpha value is -3.74. The van der Waals surface area contributed by atoms with E-state index in [0.717, 1.165) is 29.2 Å². The molecule has 0 bridgehead atoms. The Morgan fingerprint density at radius 3 is 2.30 bits per heavy atom. The van der Waals surface area contributed by atoms with Crippen molar-refractivity contribution in [2.45, 2.75) is 47.1 Å². The van der Waals surface area contributed by atoms with Gasteiger partial charge in [-0.2, -0.15) is 0 Å². The van der Waals surface area contributed by atoms with Gasteiger partial charge in [-0.25, -0.2) is 0 Å². The van der Waals surface area contributed by atoms with E-state index >= 15 is 0 Å². The summed E-state index contributed by atoms with van der Waals surface area (Å²) in [5, 5.41) is 4.73. The number of hydrogen-bond acceptors (Lipinski definition) is 2. The molecule has 0 fully saturated rings. The number of rotatable bonds is 7. The normalized spacial score (nSPS) is 11.4. The zero-order chi connectivity index (χ0) is 28.6. The molecule has 2 atom stereocenters. The highest BCUT2D eigenvalue weighted by Gasteiger charge is 2.12. The van der Waals surface area contributed by atoms with Crippen molar-refractivity contribution in [3.63, 3.8) is 0 Å². The molecule has 0 spiro atoms. The van der Waals surface area contributed by atoms with Gasteiger partial charge >= 0.3 is 0 Å². The lowest BCUT2D eigenvalue weighted by Crippen LogP contribution is -2.16. The van der Waals surface area contributed by atoms with Crippen LogP contribution >= 0.6 is 9.24 Å². The van der Waals surface area contributed by atoms with Gasteiger partial charge in [0.15, 0.2) is 0 Å². The molecule has 2 nitrogen and oxygen atoms in total. The summed E-state index contributed by atoms with van der Waals surface area (Å²) in [6.45, 7) is 14.8. The summed E-state index contributed by atoms with van der Waals surface area (Å²) in [6.07, 6.45) is 4.27. The fraction of sp³-hybridized carbons (Fsp3) is 0.216. The van der Waals surface area contributed by atoms with Crippen LogP contribution in [-0.4, -0.2) is 17.2 Å². The number of hydrogen-bond donors (Lipinski definition) is 1. The molecule has 0 saturated heterocycles. The van der Waals surface area contributed by atoms with Crippen LogP contribution in [0.3, 0.4) is 0 Å². The van der Waals surface area contributed by atoms with E-state index in [4.69, 9.17) is 0 Å². The first-order valence-corrected chi connectivity index (χ1v) is 14.8. The van der Waals surface area contributed by atoms with Crippen LogP contribution in [0.5, 0.6) is 0 Å². The molecular formula is C37H41N2P. The molecule has 5 aromatic rings. The highest BCUT2D eigenvalue weighted by molar-refractivity contribution is 7.16. The van der Waals surface area contributed by atoms with Crippen LogP contribution in [0, 0.1) is 20.8 Å². The van der Waals surface area contributed by atoms with Crippen LogP contribution in [0.4, 0.5) is 5.69 Å². The fourth-order valence-corrected chi connectivity index (χ4v) is 5.57. The Bertz CT molecular complexity index is 1620. The maximum absolute atomic E-state index is 4.64. The Morgan fingerprint density at radius 1 is 0.850 bits per heavy atom. The number of fused-ring (bicyclic) bond motifs is 1. The van der Waals surface area contributed by atoms with Crippen molar-refractivity contribution >= 4 is 31.4 Å². The SMILES string of the molecule is C=C(C)c1ccc(C)cc1NC(C)CCP.Cc1ccccc1-c1c(C)cccc1-c1cnc2ccccc2c1. The van der Waals surface area contributed by atoms with E-state index < -0.39 is 0 Å². The minimum absolute atomic E-state index is 0.498. The van der Waals surface area contributed by atoms with Gasteiger partial charge in [0, 0.05) is 28.9 Å². The second-order valence-electron chi connectivity index (χ2n) is 10.7. The molecule has 0 radical (unpaired) electrons. The lowest BCUT2D eigenvalue weighted by Gasteiger charge is -2.18. The first kappa shape index (κ1) is 29.2. The Morgan fingerprint density at radius 2 is 1.55 bits per heavy atom. The van der Waals surface area contributed by atoms with Gasteiger partial charge in [0.25, 0.3) is 0 Å². The number of aryl methyl sites for hydroxylation is 3. The number of allylic oxidation sites excluding steroid dienone is 1. The summed E-state index contributed by atoms with van der Waals surface area (Å²) >= 11 is 0. The largest absolute Gasteiger partial charge is 0.382 e. The first-order chi connectivity index (χ1) is 19.3. The fourth-order valence-electron chi connectivity index (χ4n) is 5.07. The van der Waals surface area contributed by atoms with Crippen molar-refractivity contribution < 1.29 is 0 Å². The second kappa shape index (κ2) is 13.6. The monoisotopic (exact) mass is 544 g/mol. The Labute approximate surface area is 242 Å². The molecule has 40 heavy (non-hydrogen) atoms. The van der Waals surface area contributed by atoms with Crippen LogP contribution in [0.2, 0.25) is 0 Å². The van der Waals surface area contributed by atoms with Crippen molar-refractivity contribution in [1.82, 2.24) is 4.98 Å². The Kier molecular flexibility index (Phi) is 9.91. The molecule has 1 heterocycles. The van der Waals surface area contributed by atoms with Crippen LogP contribution < -0.4 is 5.32 Å². The molecule has 0 aliphatic rings. The van der Waals surface area contributed by atoms with E-state index in [1.165, 1.54) is 50.0 Å². The molecular weight excluding hydrogens is 503 g/mol. The molecule has 4 aromatic carbocycles. The summed E-state index contributed by atoms with van der Waals surface area (Å²) < 4.78 is 0. The van der Waals surface area contributed by atoms with E-state index in [0.29, 0.717) is 6.04 Å². The molecule has 2 unspecified atom stereocenters. The molecule has 1 aromatic heterocycles. The molecule has 204 valence electrons. The van der Waals surface area contributed by atoms with Gasteiger partial charge in [0.05, 0.1) is 5.52 Å². The lowest BCUT2D eigenvalue weighted by molar-refractivity contribution is 0.771. The van der Waals surface area contributed by atoms with Crippen molar-refractivity contribution in [2.24, 2.45) is 0 Å². The van der Waals surface area contributed by atoms with Gasteiger partial charge in [-0.05, 0) is 110 Å². The summed E-state index contributed by atoms with van der Waals surface area (Å²) in [5.74, 6) is 0. The lowest BCUT2D eigenvalue weighted by atomic mass is 9.89. The third kappa shape index (κ3) is 7.06. The number of para-hydroxylation sites is 1. The minimum Gasteiger partial charge on any atom is -0.382 e. The van der Waals surface area contributed by atoms with Gasteiger partial charge in [-0.15, -0.1) is 9.24 Å². The molecule has 3 heteroatoms. The van der Waals surface area contributed by atoms with Gasteiger partial charge < -0.3 is 5.32 Å². The van der Waals surface area contributed by atoms with Crippen LogP contribution in [-0.2, 0) is 0 Å². The standard InChI is InChI=1S/C23H19N.C14H22NP/c1-16-8-3-5-11-20(16)23-17(2)9-7-12-21(23)19-14-18-10-4-6-13-22(18)24-15-19;1-10(2)13-6-5-11(3)9-14(13)15-12(4)7-8-16/h3-15H,1-2H3;5-6,9,12,15H,1,7-8,16H2,2-4H3. The van der Waals surface area contributed by atoms with Crippen LogP contribution in [0.25, 0.3) is 38.7 Å². The van der Waals surface area contributed by atoms with Gasteiger partial charge in [0.2, 0.25) is 0 Å². The molecule has 1 N–H and O–H groups in total. The zero-order valence-electron chi connectivity index (χ0n) is 24.5. The molecule has 0 saturated carbocycles. The molecule has 0 amide bonds. The number of pyridine rings is 1. The third-order valence-electron chi connectivity index (χ3n) is 7.23. The van der Waals surface area contributed by atoms with Crippen molar-refractivity contribution in [1.29, 1.82) is 0 Å². The second-order valence-corrected chi connectivity index (χ2v) is 11.3. The third-order valence-corrected chi connectivity index (χ3v) is 7.56. The average Bonchev–Trinajstić information content (AvgIpc) is 2.93. The average molecular weight is 545 g/mol. The highest BCUT2D eigenvalue weighted by Crippen LogP contribution is 2.36. The number of benzene rings is 4. The maximum atomic E-state index is 4.64. The summed E-state index contributed by atoms with van der Waals surface area (Å²) in [4.78, 5) is 4.64. The van der Waals surface area contributed by atoms with E-state index in [9.17, 15) is 0 Å². The molecule has 5 rings (SSSR count). The van der Waals surface area contributed by atoms with Crippen molar-refractivity contribution in [2.75, 3.05) is 11.5 Å². The highest BCUT2D eigenvalue weighted by atomic mass is 31.0. The summed E-state index contributed by atoms with van der Waals surface area (Å²) in [5.41, 5.74) is 13.4. The van der Waals surface area contributed by atoms with E-state index in [-0.39, 0.29) is 0 Å². The number of anilines is 1. The quantitative estimate of drug-likeness (QED) is 0.206. The zero-order valence-corrected chi connectivity index (χ0v) is 25.6. The number of aromatic nitrogens is 1. The number of nitrogens with zero attached hydrogens (tertiary/aromatic N) is 1. The number of nitrogens with one attached hydrogen (secondary N) is 1. The van der Waals surface area contributed by atoms with Gasteiger partial charge in [-0.1, -0.05) is 79.4 Å². The Balaban J connectivity index is 0.000000202. The van der Waals surface area contributed by atoms with E-state index in [1.807, 2.05) is 12.3 Å². The maximum Gasteiger partial charge on any atom is 0.0702 e. The summed E-state index contributed by atoms with van der Waals surface area (Å²) in [6, 6.07) is 32.6. The smallest absolute Gasteiger partial charge is 0.0702 e. The minimum atomic E-state index is 0.498. The van der Waals surface area contributed by atoms with Gasteiger partial charge in [0.1, 0.15) is 0 Å².